The molecule has 0 aliphatic heterocycles. The summed E-state index contributed by atoms with van der Waals surface area (Å²) < 4.78 is 0. The van der Waals surface area contributed by atoms with Crippen LogP contribution in [0.2, 0.25) is 0 Å². The Morgan fingerprint density at radius 1 is 1.08 bits per heavy atom. The van der Waals surface area contributed by atoms with Gasteiger partial charge in [-0.2, -0.15) is 0 Å². The highest BCUT2D eigenvalue weighted by Crippen LogP contribution is 2.14. The van der Waals surface area contributed by atoms with Crippen LogP contribution < -0.4 is 5.32 Å². The van der Waals surface area contributed by atoms with E-state index in [1.54, 1.807) is 6.07 Å². The van der Waals surface area contributed by atoms with Crippen LogP contribution in [0.4, 0.5) is 5.69 Å². The number of nitrogens with one attached hydrogen (secondary N) is 1. The minimum Gasteiger partial charge on any atom is -0.480 e. The van der Waals surface area contributed by atoms with Gasteiger partial charge in [-0.15, -0.1) is 0 Å². The van der Waals surface area contributed by atoms with E-state index >= 15 is 0 Å². The van der Waals surface area contributed by atoms with E-state index in [1.165, 1.54) is 18.2 Å². The Kier molecular flexibility index (Phi) is 6.84. The molecule has 0 saturated carbocycles. The van der Waals surface area contributed by atoms with Gasteiger partial charge in [0.2, 0.25) is 5.91 Å². The largest absolute Gasteiger partial charge is 0.480 e. The SMILES string of the molecule is O=C(Cc1cccc([N+](=O)[O-])c1)N[C@H](CCCc1ccccc1)C(=O)O. The standard InChI is InChI=1S/C19H20N2O5/c22-18(13-15-9-4-10-16(12-15)21(25)26)20-17(19(23)24)11-5-8-14-6-2-1-3-7-14/h1-4,6-7,9-10,12,17H,5,8,11,13H2,(H,20,22)(H,23,24)/t17-/m1/s1. The lowest BCUT2D eigenvalue weighted by Crippen LogP contribution is -2.41. The first-order valence-electron chi connectivity index (χ1n) is 8.25. The number of aryl methyl sites for hydroxylation is 1. The Balaban J connectivity index is 1.88. The number of carbonyl (C=O) groups is 2. The fourth-order valence-electron chi connectivity index (χ4n) is 2.62. The lowest BCUT2D eigenvalue weighted by Gasteiger charge is -2.14. The second kappa shape index (κ2) is 9.31. The number of hydrogen-bond donors (Lipinski definition) is 2. The van der Waals surface area contributed by atoms with Gasteiger partial charge in [-0.05, 0) is 30.4 Å². The van der Waals surface area contributed by atoms with E-state index in [0.717, 1.165) is 12.0 Å². The third-order valence-corrected chi connectivity index (χ3v) is 3.92. The molecular weight excluding hydrogens is 336 g/mol. The average Bonchev–Trinajstić information content (AvgIpc) is 2.61. The summed E-state index contributed by atoms with van der Waals surface area (Å²) in [5, 5.41) is 22.6. The molecule has 0 heterocycles. The number of carbonyl (C=O) groups excluding carboxylic acids is 1. The van der Waals surface area contributed by atoms with E-state index in [1.807, 2.05) is 30.3 Å². The lowest BCUT2D eigenvalue weighted by atomic mass is 10.0. The predicted molar refractivity (Wildman–Crippen MR) is 95.7 cm³/mol. The Labute approximate surface area is 150 Å². The van der Waals surface area contributed by atoms with Crippen LogP contribution >= 0.6 is 0 Å². The van der Waals surface area contributed by atoms with Gasteiger partial charge in [0, 0.05) is 12.1 Å². The zero-order valence-electron chi connectivity index (χ0n) is 14.1. The highest BCUT2D eigenvalue weighted by atomic mass is 16.6. The molecule has 2 N–H and O–H groups in total. The number of carboxylic acid groups (broad SMARTS) is 1. The molecule has 0 aromatic heterocycles. The first-order chi connectivity index (χ1) is 12.5. The summed E-state index contributed by atoms with van der Waals surface area (Å²) in [4.78, 5) is 33.7. The van der Waals surface area contributed by atoms with Crippen molar-refractivity contribution in [3.63, 3.8) is 0 Å². The number of nitro groups is 1. The van der Waals surface area contributed by atoms with Crippen molar-refractivity contribution in [1.82, 2.24) is 5.32 Å². The summed E-state index contributed by atoms with van der Waals surface area (Å²) >= 11 is 0. The van der Waals surface area contributed by atoms with E-state index in [4.69, 9.17) is 0 Å². The summed E-state index contributed by atoms with van der Waals surface area (Å²) in [6.45, 7) is 0. The van der Waals surface area contributed by atoms with Crippen molar-refractivity contribution in [3.8, 4) is 0 Å². The van der Waals surface area contributed by atoms with Crippen LogP contribution in [-0.4, -0.2) is 27.9 Å². The number of amides is 1. The Morgan fingerprint density at radius 2 is 1.77 bits per heavy atom. The normalized spacial score (nSPS) is 11.5. The van der Waals surface area contributed by atoms with Crippen molar-refractivity contribution in [2.24, 2.45) is 0 Å². The first kappa shape index (κ1) is 19.1. The topological polar surface area (TPSA) is 110 Å². The number of rotatable bonds is 9. The number of hydrogen-bond acceptors (Lipinski definition) is 4. The smallest absolute Gasteiger partial charge is 0.326 e. The van der Waals surface area contributed by atoms with Gasteiger partial charge in [-0.25, -0.2) is 4.79 Å². The van der Waals surface area contributed by atoms with E-state index in [0.29, 0.717) is 18.4 Å². The summed E-state index contributed by atoms with van der Waals surface area (Å²) in [7, 11) is 0. The molecule has 0 saturated heterocycles. The lowest BCUT2D eigenvalue weighted by molar-refractivity contribution is -0.384. The van der Waals surface area contributed by atoms with Crippen molar-refractivity contribution in [1.29, 1.82) is 0 Å². The van der Waals surface area contributed by atoms with Crippen LogP contribution in [0.5, 0.6) is 0 Å². The van der Waals surface area contributed by atoms with Crippen molar-refractivity contribution in [2.75, 3.05) is 0 Å². The summed E-state index contributed by atoms with van der Waals surface area (Å²) in [6, 6.07) is 14.5. The zero-order chi connectivity index (χ0) is 18.9. The van der Waals surface area contributed by atoms with Crippen LogP contribution in [0, 0.1) is 10.1 Å². The second-order valence-corrected chi connectivity index (χ2v) is 5.94. The maximum Gasteiger partial charge on any atom is 0.326 e. The van der Waals surface area contributed by atoms with E-state index in [-0.39, 0.29) is 12.1 Å². The molecule has 0 bridgehead atoms. The van der Waals surface area contributed by atoms with Gasteiger partial charge < -0.3 is 10.4 Å². The molecule has 26 heavy (non-hydrogen) atoms. The Bertz CT molecular complexity index is 777. The van der Waals surface area contributed by atoms with Gasteiger partial charge in [0.15, 0.2) is 0 Å². The Morgan fingerprint density at radius 3 is 2.42 bits per heavy atom. The predicted octanol–water partition coefficient (Wildman–Crippen LogP) is 2.73. The number of carboxylic acids is 1. The summed E-state index contributed by atoms with van der Waals surface area (Å²) in [5.41, 5.74) is 1.47. The van der Waals surface area contributed by atoms with Gasteiger partial charge >= 0.3 is 5.97 Å². The maximum absolute atomic E-state index is 12.1. The van der Waals surface area contributed by atoms with Crippen molar-refractivity contribution in [2.45, 2.75) is 31.7 Å². The van der Waals surface area contributed by atoms with E-state index < -0.39 is 22.8 Å². The van der Waals surface area contributed by atoms with Gasteiger partial charge in [0.1, 0.15) is 6.04 Å². The molecule has 0 aliphatic carbocycles. The molecule has 2 rings (SSSR count). The molecule has 7 nitrogen and oxygen atoms in total. The van der Waals surface area contributed by atoms with Gasteiger partial charge in [0.05, 0.1) is 11.3 Å². The molecule has 0 radical (unpaired) electrons. The van der Waals surface area contributed by atoms with Crippen LogP contribution in [0.1, 0.15) is 24.0 Å². The highest BCUT2D eigenvalue weighted by molar-refractivity contribution is 5.84. The summed E-state index contributed by atoms with van der Waals surface area (Å²) in [6.07, 6.45) is 1.55. The number of non-ortho nitro benzene ring substituents is 1. The van der Waals surface area contributed by atoms with Crippen molar-refractivity contribution < 1.29 is 19.6 Å². The molecular formula is C19H20N2O5. The number of aliphatic carboxylic acids is 1. The number of nitrogens with zero attached hydrogens (tertiary/aromatic N) is 1. The molecule has 2 aromatic rings. The highest BCUT2D eigenvalue weighted by Gasteiger charge is 2.20. The minimum absolute atomic E-state index is 0.104. The van der Waals surface area contributed by atoms with Gasteiger partial charge in [0.25, 0.3) is 5.69 Å². The molecule has 1 amide bonds. The Hall–Kier alpha value is -3.22. The van der Waals surface area contributed by atoms with Crippen molar-refractivity contribution in [3.05, 3.63) is 75.8 Å². The first-order valence-corrected chi connectivity index (χ1v) is 8.25. The van der Waals surface area contributed by atoms with Crippen LogP contribution in [-0.2, 0) is 22.4 Å². The molecule has 0 unspecified atom stereocenters. The van der Waals surface area contributed by atoms with Crippen LogP contribution in [0.25, 0.3) is 0 Å². The van der Waals surface area contributed by atoms with Gasteiger partial charge in [-0.1, -0.05) is 42.5 Å². The number of nitro benzene ring substituents is 1. The monoisotopic (exact) mass is 356 g/mol. The minimum atomic E-state index is -1.09. The second-order valence-electron chi connectivity index (χ2n) is 5.94. The molecule has 1 atom stereocenters. The third-order valence-electron chi connectivity index (χ3n) is 3.92. The van der Waals surface area contributed by atoms with Crippen LogP contribution in [0.15, 0.2) is 54.6 Å². The average molecular weight is 356 g/mol. The molecule has 0 aliphatic rings. The zero-order valence-corrected chi connectivity index (χ0v) is 14.1. The molecule has 0 spiro atoms. The van der Waals surface area contributed by atoms with E-state index in [2.05, 4.69) is 5.32 Å². The van der Waals surface area contributed by atoms with Gasteiger partial charge in [-0.3, -0.25) is 14.9 Å². The maximum atomic E-state index is 12.1. The molecule has 7 heteroatoms. The molecule has 0 fully saturated rings. The fraction of sp³-hybridized carbons (Fsp3) is 0.263. The van der Waals surface area contributed by atoms with Crippen LogP contribution in [0.3, 0.4) is 0 Å². The fourth-order valence-corrected chi connectivity index (χ4v) is 2.62. The third kappa shape index (κ3) is 6.01. The number of benzene rings is 2. The quantitative estimate of drug-likeness (QED) is 0.530. The van der Waals surface area contributed by atoms with E-state index in [9.17, 15) is 24.8 Å². The summed E-state index contributed by atoms with van der Waals surface area (Å²) in [5.74, 6) is -1.57. The van der Waals surface area contributed by atoms with Crippen molar-refractivity contribution >= 4 is 17.6 Å². The molecule has 2 aromatic carbocycles. The molecule has 136 valence electrons.